The number of phenols is 1. The average Bonchev–Trinajstić information content (AvgIpc) is 2.98. The number of hydrogen-bond donors (Lipinski definition) is 2. The van der Waals surface area contributed by atoms with Crippen LogP contribution in [0.1, 0.15) is 21.7 Å². The van der Waals surface area contributed by atoms with Crippen LogP contribution in [0.2, 0.25) is 5.02 Å². The molecule has 0 aliphatic rings. The van der Waals surface area contributed by atoms with Gasteiger partial charge in [0.05, 0.1) is 16.9 Å². The first-order valence-corrected chi connectivity index (χ1v) is 8.61. The average molecular weight is 379 g/mol. The molecule has 134 valence electrons. The van der Waals surface area contributed by atoms with E-state index in [4.69, 9.17) is 11.6 Å². The third-order valence-electron chi connectivity index (χ3n) is 4.28. The Labute approximate surface area is 159 Å². The summed E-state index contributed by atoms with van der Waals surface area (Å²) in [6.45, 7) is 1.75. The second kappa shape index (κ2) is 6.74. The first kappa shape index (κ1) is 17.1. The maximum absolute atomic E-state index is 12.6. The summed E-state index contributed by atoms with van der Waals surface area (Å²) in [7, 11) is 0. The molecule has 0 atom stereocenters. The Kier molecular flexibility index (Phi) is 4.25. The van der Waals surface area contributed by atoms with Crippen molar-refractivity contribution in [2.24, 2.45) is 5.10 Å². The summed E-state index contributed by atoms with van der Waals surface area (Å²) < 4.78 is 1.62. The zero-order valence-corrected chi connectivity index (χ0v) is 15.1. The van der Waals surface area contributed by atoms with Gasteiger partial charge in [0.25, 0.3) is 5.91 Å². The molecule has 7 heteroatoms. The van der Waals surface area contributed by atoms with Crippen LogP contribution >= 0.6 is 11.6 Å². The largest absolute Gasteiger partial charge is 0.507 e. The highest BCUT2D eigenvalue weighted by molar-refractivity contribution is 6.30. The number of carbonyl (C=O) groups excluding carboxylic acids is 1. The van der Waals surface area contributed by atoms with Gasteiger partial charge >= 0.3 is 0 Å². The van der Waals surface area contributed by atoms with E-state index in [0.717, 1.165) is 10.8 Å². The summed E-state index contributed by atoms with van der Waals surface area (Å²) in [5, 5.41) is 16.5. The van der Waals surface area contributed by atoms with Crippen LogP contribution in [0.3, 0.4) is 0 Å². The third kappa shape index (κ3) is 3.11. The number of phenolic OH excluding ortho intramolecular Hbond substituents is 1. The second-order valence-electron chi connectivity index (χ2n) is 6.04. The lowest BCUT2D eigenvalue weighted by Gasteiger charge is -2.05. The molecule has 2 aromatic carbocycles. The van der Waals surface area contributed by atoms with Gasteiger partial charge in [-0.05, 0) is 35.9 Å². The van der Waals surface area contributed by atoms with Crippen molar-refractivity contribution in [1.82, 2.24) is 14.8 Å². The van der Waals surface area contributed by atoms with Crippen molar-refractivity contribution in [1.29, 1.82) is 0 Å². The number of aromatic hydroxyl groups is 1. The molecule has 0 fully saturated rings. The Morgan fingerprint density at radius 1 is 1.22 bits per heavy atom. The quantitative estimate of drug-likeness (QED) is 0.419. The van der Waals surface area contributed by atoms with Crippen molar-refractivity contribution >= 4 is 40.1 Å². The lowest BCUT2D eigenvalue weighted by molar-refractivity contribution is 0.0948. The fourth-order valence-corrected chi connectivity index (χ4v) is 3.20. The molecule has 0 saturated carbocycles. The van der Waals surface area contributed by atoms with Gasteiger partial charge in [0.2, 0.25) is 0 Å². The van der Waals surface area contributed by atoms with E-state index in [2.05, 4.69) is 15.5 Å². The fraction of sp³-hybridized carbons (Fsp3) is 0.0500. The van der Waals surface area contributed by atoms with Crippen molar-refractivity contribution in [2.75, 3.05) is 0 Å². The van der Waals surface area contributed by atoms with Gasteiger partial charge in [0.1, 0.15) is 17.1 Å². The standard InChI is InChI=1S/C20H15ClN4O2/c1-12-19(25-11-14(21)7-9-18(25)23-12)20(27)24-22-10-16-15-5-3-2-4-13(15)6-8-17(16)26/h2-11,26H,1H3,(H,24,27). The van der Waals surface area contributed by atoms with Crippen molar-refractivity contribution in [3.8, 4) is 5.75 Å². The molecule has 1 amide bonds. The van der Waals surface area contributed by atoms with Crippen molar-refractivity contribution in [2.45, 2.75) is 6.92 Å². The number of imidazole rings is 1. The SMILES string of the molecule is Cc1nc2ccc(Cl)cn2c1C(=O)NN=Cc1c(O)ccc2ccccc12. The van der Waals surface area contributed by atoms with Crippen molar-refractivity contribution in [3.05, 3.63) is 76.7 Å². The number of pyridine rings is 1. The van der Waals surface area contributed by atoms with Gasteiger partial charge in [-0.1, -0.05) is 41.9 Å². The number of fused-ring (bicyclic) bond motifs is 2. The van der Waals surface area contributed by atoms with Gasteiger partial charge in [-0.3, -0.25) is 9.20 Å². The minimum atomic E-state index is -0.418. The van der Waals surface area contributed by atoms with Crippen LogP contribution in [0.4, 0.5) is 0 Å². The first-order chi connectivity index (χ1) is 13.0. The predicted molar refractivity (Wildman–Crippen MR) is 106 cm³/mol. The number of aryl methyl sites for hydroxylation is 1. The molecule has 0 aliphatic heterocycles. The molecule has 2 aromatic heterocycles. The highest BCUT2D eigenvalue weighted by Crippen LogP contribution is 2.25. The molecule has 0 unspecified atom stereocenters. The molecule has 4 rings (SSSR count). The Bertz CT molecular complexity index is 1210. The monoisotopic (exact) mass is 378 g/mol. The molecule has 0 spiro atoms. The van der Waals surface area contributed by atoms with Crippen LogP contribution in [-0.2, 0) is 0 Å². The number of halogens is 1. The second-order valence-corrected chi connectivity index (χ2v) is 6.48. The summed E-state index contributed by atoms with van der Waals surface area (Å²) in [5.41, 5.74) is 4.57. The number of nitrogens with zero attached hydrogens (tertiary/aromatic N) is 3. The molecule has 0 radical (unpaired) electrons. The maximum atomic E-state index is 12.6. The predicted octanol–water partition coefficient (Wildman–Crippen LogP) is 3.92. The zero-order valence-electron chi connectivity index (χ0n) is 14.3. The minimum absolute atomic E-state index is 0.0875. The fourth-order valence-electron chi connectivity index (χ4n) is 3.04. The zero-order chi connectivity index (χ0) is 19.0. The smallest absolute Gasteiger partial charge is 0.290 e. The van der Waals surface area contributed by atoms with Crippen LogP contribution < -0.4 is 5.43 Å². The van der Waals surface area contributed by atoms with E-state index in [1.807, 2.05) is 30.3 Å². The summed E-state index contributed by atoms with van der Waals surface area (Å²) in [5.74, 6) is -0.331. The Morgan fingerprint density at radius 3 is 2.89 bits per heavy atom. The molecule has 4 aromatic rings. The number of hydrazone groups is 1. The van der Waals surface area contributed by atoms with E-state index >= 15 is 0 Å². The van der Waals surface area contributed by atoms with Gasteiger partial charge in [-0.2, -0.15) is 5.10 Å². The van der Waals surface area contributed by atoms with Gasteiger partial charge in [-0.15, -0.1) is 0 Å². The molecular weight excluding hydrogens is 364 g/mol. The minimum Gasteiger partial charge on any atom is -0.507 e. The highest BCUT2D eigenvalue weighted by atomic mass is 35.5. The van der Waals surface area contributed by atoms with E-state index in [9.17, 15) is 9.90 Å². The van der Waals surface area contributed by atoms with E-state index in [1.54, 1.807) is 35.7 Å². The van der Waals surface area contributed by atoms with Crippen molar-refractivity contribution in [3.63, 3.8) is 0 Å². The van der Waals surface area contributed by atoms with Crippen LogP contribution in [0.25, 0.3) is 16.4 Å². The van der Waals surface area contributed by atoms with Crippen LogP contribution in [0, 0.1) is 6.92 Å². The van der Waals surface area contributed by atoms with Gasteiger partial charge in [0.15, 0.2) is 0 Å². The molecule has 2 N–H and O–H groups in total. The number of nitrogens with one attached hydrogen (secondary N) is 1. The number of carbonyl (C=O) groups is 1. The number of hydrogen-bond acceptors (Lipinski definition) is 4. The molecule has 0 bridgehead atoms. The van der Waals surface area contributed by atoms with Crippen LogP contribution in [-0.4, -0.2) is 26.6 Å². The summed E-state index contributed by atoms with van der Waals surface area (Å²) >= 11 is 6.02. The maximum Gasteiger partial charge on any atom is 0.290 e. The summed E-state index contributed by atoms with van der Waals surface area (Å²) in [6, 6.07) is 14.5. The van der Waals surface area contributed by atoms with Crippen molar-refractivity contribution < 1.29 is 9.90 Å². The van der Waals surface area contributed by atoms with E-state index in [-0.39, 0.29) is 5.75 Å². The molecule has 0 aliphatic carbocycles. The van der Waals surface area contributed by atoms with Gasteiger partial charge in [-0.25, -0.2) is 10.4 Å². The Balaban J connectivity index is 1.65. The summed E-state index contributed by atoms with van der Waals surface area (Å²) in [6.07, 6.45) is 3.06. The topological polar surface area (TPSA) is 79.0 Å². The highest BCUT2D eigenvalue weighted by Gasteiger charge is 2.16. The first-order valence-electron chi connectivity index (χ1n) is 8.23. The lowest BCUT2D eigenvalue weighted by atomic mass is 10.0. The normalized spacial score (nSPS) is 11.5. The molecular formula is C20H15ClN4O2. The molecule has 27 heavy (non-hydrogen) atoms. The number of rotatable bonds is 3. The van der Waals surface area contributed by atoms with Crippen LogP contribution in [0.5, 0.6) is 5.75 Å². The molecule has 6 nitrogen and oxygen atoms in total. The van der Waals surface area contributed by atoms with Gasteiger partial charge in [0, 0.05) is 11.8 Å². The lowest BCUT2D eigenvalue weighted by Crippen LogP contribution is -2.20. The third-order valence-corrected chi connectivity index (χ3v) is 4.50. The number of aromatic nitrogens is 2. The number of benzene rings is 2. The molecule has 0 saturated heterocycles. The Morgan fingerprint density at radius 2 is 2.04 bits per heavy atom. The molecule has 2 heterocycles. The number of amides is 1. The van der Waals surface area contributed by atoms with E-state index in [1.165, 1.54) is 6.21 Å². The van der Waals surface area contributed by atoms with Gasteiger partial charge < -0.3 is 5.11 Å². The van der Waals surface area contributed by atoms with E-state index in [0.29, 0.717) is 27.6 Å². The van der Waals surface area contributed by atoms with Crippen LogP contribution in [0.15, 0.2) is 59.8 Å². The Hall–Kier alpha value is -3.38. The summed E-state index contributed by atoms with van der Waals surface area (Å²) in [4.78, 5) is 16.9. The van der Waals surface area contributed by atoms with E-state index < -0.39 is 5.91 Å².